The van der Waals surface area contributed by atoms with E-state index in [1.807, 2.05) is 6.07 Å². The highest BCUT2D eigenvalue weighted by Crippen LogP contribution is 2.30. The van der Waals surface area contributed by atoms with Crippen molar-refractivity contribution >= 4 is 0 Å². The van der Waals surface area contributed by atoms with Crippen molar-refractivity contribution in [2.75, 3.05) is 20.2 Å². The molecule has 2 heteroatoms. The summed E-state index contributed by atoms with van der Waals surface area (Å²) in [6.45, 7) is 5.72. The fraction of sp³-hybridized carbons (Fsp3) is 0.600. The number of hydrogen-bond acceptors (Lipinski definition) is 2. The molecule has 1 aromatic rings. The van der Waals surface area contributed by atoms with E-state index in [1.54, 1.807) is 7.11 Å². The maximum atomic E-state index is 5.42. The molecule has 0 aromatic heterocycles. The van der Waals surface area contributed by atoms with Crippen LogP contribution in [0.15, 0.2) is 24.3 Å². The average Bonchev–Trinajstić information content (AvgIpc) is 3.14. The smallest absolute Gasteiger partial charge is 0.123 e. The van der Waals surface area contributed by atoms with Crippen molar-refractivity contribution < 1.29 is 4.74 Å². The first-order valence-electron chi connectivity index (χ1n) is 6.67. The number of hydrogen-bond donors (Lipinski definition) is 0. The van der Waals surface area contributed by atoms with Crippen LogP contribution in [0.4, 0.5) is 0 Å². The molecule has 0 spiro atoms. The number of nitrogens with zero attached hydrogens (tertiary/aromatic N) is 1. The highest BCUT2D eigenvalue weighted by atomic mass is 16.5. The summed E-state index contributed by atoms with van der Waals surface area (Å²) in [6, 6.07) is 8.36. The largest absolute Gasteiger partial charge is 0.496 e. The van der Waals surface area contributed by atoms with Crippen LogP contribution in [0.5, 0.6) is 5.75 Å². The lowest BCUT2D eigenvalue weighted by Gasteiger charge is -2.22. The lowest BCUT2D eigenvalue weighted by Crippen LogP contribution is -2.26. The van der Waals surface area contributed by atoms with Gasteiger partial charge in [0.15, 0.2) is 0 Å². The summed E-state index contributed by atoms with van der Waals surface area (Å²) in [6.07, 6.45) is 4.07. The molecule has 2 rings (SSSR count). The Morgan fingerprint density at radius 2 is 2.06 bits per heavy atom. The molecule has 1 fully saturated rings. The van der Waals surface area contributed by atoms with Crippen molar-refractivity contribution in [3.63, 3.8) is 0 Å². The van der Waals surface area contributed by atoms with Gasteiger partial charge in [0, 0.05) is 18.7 Å². The second-order valence-electron chi connectivity index (χ2n) is 4.99. The number of methoxy groups -OCH3 is 1. The topological polar surface area (TPSA) is 12.5 Å². The standard InChI is InChI=1S/C15H23NO/c1-3-10-16(11-13-8-9-13)12-14-6-4-5-7-15(14)17-2/h4-7,13H,3,8-12H2,1-2H3. The summed E-state index contributed by atoms with van der Waals surface area (Å²) in [5, 5.41) is 0. The van der Waals surface area contributed by atoms with Crippen LogP contribution >= 0.6 is 0 Å². The Bertz CT molecular complexity index is 347. The lowest BCUT2D eigenvalue weighted by atomic mass is 10.1. The molecule has 0 saturated heterocycles. The summed E-state index contributed by atoms with van der Waals surface area (Å²) in [5.74, 6) is 1.97. The molecule has 1 aliphatic carbocycles. The Hall–Kier alpha value is -1.02. The number of ether oxygens (including phenoxy) is 1. The highest BCUT2D eigenvalue weighted by Gasteiger charge is 2.24. The van der Waals surface area contributed by atoms with Gasteiger partial charge in [0.1, 0.15) is 5.75 Å². The van der Waals surface area contributed by atoms with Gasteiger partial charge in [-0.25, -0.2) is 0 Å². The van der Waals surface area contributed by atoms with Gasteiger partial charge in [0.2, 0.25) is 0 Å². The minimum Gasteiger partial charge on any atom is -0.496 e. The molecule has 0 unspecified atom stereocenters. The maximum absolute atomic E-state index is 5.42. The zero-order valence-corrected chi connectivity index (χ0v) is 11.0. The normalized spacial score (nSPS) is 15.2. The molecule has 0 N–H and O–H groups in total. The van der Waals surface area contributed by atoms with Gasteiger partial charge >= 0.3 is 0 Å². The minimum absolute atomic E-state index is 0.955. The van der Waals surface area contributed by atoms with Crippen LogP contribution < -0.4 is 4.74 Å². The van der Waals surface area contributed by atoms with Crippen molar-refractivity contribution in [3.8, 4) is 5.75 Å². The third kappa shape index (κ3) is 3.74. The molecule has 0 aliphatic heterocycles. The summed E-state index contributed by atoms with van der Waals surface area (Å²) in [4.78, 5) is 2.56. The van der Waals surface area contributed by atoms with Crippen molar-refractivity contribution in [2.45, 2.75) is 32.7 Å². The molecule has 2 nitrogen and oxygen atoms in total. The SMILES string of the molecule is CCCN(Cc1ccccc1OC)CC1CC1. The Balaban J connectivity index is 1.99. The summed E-state index contributed by atoms with van der Waals surface area (Å²) < 4.78 is 5.42. The van der Waals surface area contributed by atoms with E-state index in [4.69, 9.17) is 4.74 Å². The molecule has 0 radical (unpaired) electrons. The van der Waals surface area contributed by atoms with Crippen molar-refractivity contribution in [1.82, 2.24) is 4.90 Å². The maximum Gasteiger partial charge on any atom is 0.123 e. The van der Waals surface area contributed by atoms with E-state index >= 15 is 0 Å². The fourth-order valence-corrected chi connectivity index (χ4v) is 2.29. The monoisotopic (exact) mass is 233 g/mol. The molecule has 0 amide bonds. The number of para-hydroxylation sites is 1. The van der Waals surface area contributed by atoms with E-state index in [9.17, 15) is 0 Å². The second kappa shape index (κ2) is 6.06. The molecule has 0 heterocycles. The van der Waals surface area contributed by atoms with Crippen LogP contribution in [0.2, 0.25) is 0 Å². The van der Waals surface area contributed by atoms with E-state index in [0.717, 1.165) is 18.2 Å². The van der Waals surface area contributed by atoms with Gasteiger partial charge < -0.3 is 4.74 Å². The molecule has 94 valence electrons. The van der Waals surface area contributed by atoms with Crippen molar-refractivity contribution in [2.24, 2.45) is 5.92 Å². The molecular weight excluding hydrogens is 210 g/mol. The Morgan fingerprint density at radius 3 is 2.71 bits per heavy atom. The van der Waals surface area contributed by atoms with E-state index in [1.165, 1.54) is 37.9 Å². The van der Waals surface area contributed by atoms with Gasteiger partial charge in [0.05, 0.1) is 7.11 Å². The fourth-order valence-electron chi connectivity index (χ4n) is 2.29. The average molecular weight is 233 g/mol. The third-order valence-corrected chi connectivity index (χ3v) is 3.34. The third-order valence-electron chi connectivity index (χ3n) is 3.34. The first-order valence-corrected chi connectivity index (χ1v) is 6.67. The first kappa shape index (κ1) is 12.4. The highest BCUT2D eigenvalue weighted by molar-refractivity contribution is 5.33. The summed E-state index contributed by atoms with van der Waals surface area (Å²) in [7, 11) is 1.75. The summed E-state index contributed by atoms with van der Waals surface area (Å²) in [5.41, 5.74) is 1.31. The van der Waals surface area contributed by atoms with Gasteiger partial charge in [-0.05, 0) is 37.8 Å². The van der Waals surface area contributed by atoms with Crippen LogP contribution in [-0.4, -0.2) is 25.1 Å². The Kier molecular flexibility index (Phi) is 4.43. The van der Waals surface area contributed by atoms with Gasteiger partial charge in [0.25, 0.3) is 0 Å². The number of benzene rings is 1. The first-order chi connectivity index (χ1) is 8.33. The quantitative estimate of drug-likeness (QED) is 0.716. The van der Waals surface area contributed by atoms with E-state index in [0.29, 0.717) is 0 Å². The van der Waals surface area contributed by atoms with E-state index in [2.05, 4.69) is 30.0 Å². The van der Waals surface area contributed by atoms with Gasteiger partial charge in [-0.2, -0.15) is 0 Å². The van der Waals surface area contributed by atoms with Gasteiger partial charge in [-0.3, -0.25) is 4.90 Å². The van der Waals surface area contributed by atoms with Crippen LogP contribution in [0.1, 0.15) is 31.7 Å². The predicted octanol–water partition coefficient (Wildman–Crippen LogP) is 3.32. The molecule has 0 atom stereocenters. The number of rotatable bonds is 7. The molecule has 0 bridgehead atoms. The van der Waals surface area contributed by atoms with Crippen molar-refractivity contribution in [3.05, 3.63) is 29.8 Å². The lowest BCUT2D eigenvalue weighted by molar-refractivity contribution is 0.251. The van der Waals surface area contributed by atoms with Crippen LogP contribution in [-0.2, 0) is 6.54 Å². The summed E-state index contributed by atoms with van der Waals surface area (Å²) >= 11 is 0. The predicted molar refractivity (Wildman–Crippen MR) is 71.3 cm³/mol. The van der Waals surface area contributed by atoms with Crippen LogP contribution in [0.3, 0.4) is 0 Å². The molecule has 17 heavy (non-hydrogen) atoms. The van der Waals surface area contributed by atoms with E-state index in [-0.39, 0.29) is 0 Å². The molecule has 1 saturated carbocycles. The second-order valence-corrected chi connectivity index (χ2v) is 4.99. The minimum atomic E-state index is 0.955. The van der Waals surface area contributed by atoms with Crippen LogP contribution in [0.25, 0.3) is 0 Å². The van der Waals surface area contributed by atoms with Crippen LogP contribution in [0, 0.1) is 5.92 Å². The van der Waals surface area contributed by atoms with Crippen molar-refractivity contribution in [1.29, 1.82) is 0 Å². The Morgan fingerprint density at radius 1 is 1.29 bits per heavy atom. The molecule has 1 aromatic carbocycles. The molecular formula is C15H23NO. The Labute approximate surface area is 105 Å². The van der Waals surface area contributed by atoms with E-state index < -0.39 is 0 Å². The van der Waals surface area contributed by atoms with Gasteiger partial charge in [-0.1, -0.05) is 25.1 Å². The zero-order valence-electron chi connectivity index (χ0n) is 11.0. The zero-order chi connectivity index (χ0) is 12.1. The molecule has 1 aliphatic rings. The van der Waals surface area contributed by atoms with Gasteiger partial charge in [-0.15, -0.1) is 0 Å².